The Morgan fingerprint density at radius 3 is 2.64 bits per heavy atom. The fourth-order valence-electron chi connectivity index (χ4n) is 4.15. The van der Waals surface area contributed by atoms with Crippen molar-refractivity contribution >= 4 is 33.0 Å². The van der Waals surface area contributed by atoms with Crippen molar-refractivity contribution in [3.05, 3.63) is 76.4 Å². The number of nitrogens with one attached hydrogen (secondary N) is 1. The Morgan fingerprint density at radius 1 is 1.08 bits per heavy atom. The van der Waals surface area contributed by atoms with Crippen LogP contribution in [0.15, 0.2) is 70.7 Å². The Kier molecular flexibility index (Phi) is 7.98. The first-order valence-electron chi connectivity index (χ1n) is 12.1. The maximum atomic E-state index is 13.2. The first-order chi connectivity index (χ1) is 18.9. The number of halogens is 1. The van der Waals surface area contributed by atoms with Gasteiger partial charge in [0, 0.05) is 43.2 Å². The maximum absolute atomic E-state index is 13.2. The van der Waals surface area contributed by atoms with Crippen molar-refractivity contribution in [2.24, 2.45) is 0 Å². The molecular formula is C26H26ClN5O6S. The van der Waals surface area contributed by atoms with E-state index in [0.29, 0.717) is 43.1 Å². The van der Waals surface area contributed by atoms with E-state index in [1.165, 1.54) is 36.0 Å². The number of anilines is 1. The third-order valence-corrected chi connectivity index (χ3v) is 8.05. The van der Waals surface area contributed by atoms with Crippen LogP contribution in [0.1, 0.15) is 0 Å². The highest BCUT2D eigenvalue weighted by Crippen LogP contribution is 2.31. The fraction of sp³-hybridized carbons (Fsp3) is 0.269. The molecule has 0 unspecified atom stereocenters. The molecule has 0 amide bonds. The van der Waals surface area contributed by atoms with Crippen LogP contribution in [0.4, 0.5) is 5.69 Å². The van der Waals surface area contributed by atoms with E-state index in [9.17, 15) is 13.2 Å². The van der Waals surface area contributed by atoms with Crippen LogP contribution in [0.3, 0.4) is 0 Å². The van der Waals surface area contributed by atoms with E-state index in [-0.39, 0.29) is 32.8 Å². The molecule has 1 aliphatic rings. The zero-order valence-corrected chi connectivity index (χ0v) is 22.6. The lowest BCUT2D eigenvalue weighted by atomic mass is 10.1. The van der Waals surface area contributed by atoms with Gasteiger partial charge in [-0.3, -0.25) is 18.8 Å². The average Bonchev–Trinajstić information content (AvgIpc) is 2.94. The number of rotatable bonds is 9. The summed E-state index contributed by atoms with van der Waals surface area (Å²) in [5, 5.41) is 0.0810. The first kappa shape index (κ1) is 26.9. The molecule has 4 aromatic rings. The molecule has 5 rings (SSSR count). The molecule has 3 aromatic heterocycles. The Hall–Kier alpha value is -3.71. The van der Waals surface area contributed by atoms with Crippen molar-refractivity contribution in [2.45, 2.75) is 4.90 Å². The van der Waals surface area contributed by atoms with Gasteiger partial charge in [-0.15, -0.1) is 0 Å². The number of ether oxygens (including phenoxy) is 3. The minimum atomic E-state index is -4.03. The van der Waals surface area contributed by atoms with Gasteiger partial charge in [0.05, 0.1) is 31.5 Å². The van der Waals surface area contributed by atoms with Crippen LogP contribution < -0.4 is 19.8 Å². The standard InChI is InChI=1S/C26H26ClN5O6S/c1-36-25-21(30-39(34,35)23-5-3-2-4-20(23)27)14-19(15-29-25)18-6-7-24-28-16-22(26(33)32(24)17-18)38-13-10-31-8-11-37-12-9-31/h2-7,14-17,30H,8-13H2,1H3. The van der Waals surface area contributed by atoms with Crippen molar-refractivity contribution in [1.82, 2.24) is 19.3 Å². The molecule has 11 nitrogen and oxygen atoms in total. The number of aromatic nitrogens is 3. The molecule has 1 N–H and O–H groups in total. The van der Waals surface area contributed by atoms with E-state index in [1.807, 2.05) is 0 Å². The molecule has 1 aliphatic heterocycles. The van der Waals surface area contributed by atoms with E-state index >= 15 is 0 Å². The third-order valence-electron chi connectivity index (χ3n) is 6.19. The normalized spacial score (nSPS) is 14.3. The minimum Gasteiger partial charge on any atom is -0.485 e. The molecule has 0 saturated carbocycles. The topological polar surface area (TPSA) is 124 Å². The first-order valence-corrected chi connectivity index (χ1v) is 14.0. The molecule has 4 heterocycles. The van der Waals surface area contributed by atoms with Crippen LogP contribution in [0.2, 0.25) is 5.02 Å². The van der Waals surface area contributed by atoms with Crippen molar-refractivity contribution in [2.75, 3.05) is 51.3 Å². The van der Waals surface area contributed by atoms with Gasteiger partial charge in [0.2, 0.25) is 11.6 Å². The molecule has 0 spiro atoms. The predicted octanol–water partition coefficient (Wildman–Crippen LogP) is 2.93. The van der Waals surface area contributed by atoms with E-state index in [4.69, 9.17) is 25.8 Å². The number of fused-ring (bicyclic) bond motifs is 1. The second-order valence-electron chi connectivity index (χ2n) is 8.69. The lowest BCUT2D eigenvalue weighted by Gasteiger charge is -2.26. The van der Waals surface area contributed by atoms with Gasteiger partial charge in [-0.1, -0.05) is 23.7 Å². The summed E-state index contributed by atoms with van der Waals surface area (Å²) in [5.41, 5.74) is 1.33. The summed E-state index contributed by atoms with van der Waals surface area (Å²) >= 11 is 6.11. The van der Waals surface area contributed by atoms with Crippen LogP contribution in [0.5, 0.6) is 11.6 Å². The summed E-state index contributed by atoms with van der Waals surface area (Å²) in [5.74, 6) is 0.212. The van der Waals surface area contributed by atoms with Crippen LogP contribution in [0, 0.1) is 0 Å². The Labute approximate surface area is 230 Å². The SMILES string of the molecule is COc1ncc(-c2ccc3ncc(OCCN4CCOCC4)c(=O)n3c2)cc1NS(=O)(=O)c1ccccc1Cl. The van der Waals surface area contributed by atoms with E-state index in [0.717, 1.165) is 13.1 Å². The summed E-state index contributed by atoms with van der Waals surface area (Å²) in [6.45, 7) is 4.05. The number of nitrogens with zero attached hydrogens (tertiary/aromatic N) is 4. The fourth-order valence-corrected chi connectivity index (χ4v) is 5.72. The number of morpholine rings is 1. The van der Waals surface area contributed by atoms with Crippen molar-refractivity contribution in [1.29, 1.82) is 0 Å². The molecule has 0 atom stereocenters. The molecule has 0 radical (unpaired) electrons. The van der Waals surface area contributed by atoms with Gasteiger partial charge >= 0.3 is 0 Å². The van der Waals surface area contributed by atoms with Gasteiger partial charge < -0.3 is 14.2 Å². The summed E-state index contributed by atoms with van der Waals surface area (Å²) in [6.07, 6.45) is 4.55. The highest BCUT2D eigenvalue weighted by Gasteiger charge is 2.21. The summed E-state index contributed by atoms with van der Waals surface area (Å²) in [7, 11) is -2.65. The van der Waals surface area contributed by atoms with Crippen LogP contribution in [-0.4, -0.2) is 74.3 Å². The molecule has 0 aliphatic carbocycles. The second-order valence-corrected chi connectivity index (χ2v) is 10.8. The van der Waals surface area contributed by atoms with Gasteiger partial charge in [-0.2, -0.15) is 0 Å². The number of hydrogen-bond donors (Lipinski definition) is 1. The van der Waals surface area contributed by atoms with Crippen molar-refractivity contribution in [3.63, 3.8) is 0 Å². The van der Waals surface area contributed by atoms with Crippen LogP contribution in [-0.2, 0) is 14.8 Å². The number of benzene rings is 1. The molecule has 13 heteroatoms. The quantitative estimate of drug-likeness (QED) is 0.323. The van der Waals surface area contributed by atoms with Crippen molar-refractivity contribution in [3.8, 4) is 22.8 Å². The number of hydrogen-bond acceptors (Lipinski definition) is 9. The van der Waals surface area contributed by atoms with Gasteiger partial charge in [0.25, 0.3) is 15.6 Å². The zero-order valence-electron chi connectivity index (χ0n) is 21.0. The third kappa shape index (κ3) is 5.98. The van der Waals surface area contributed by atoms with Gasteiger partial charge in [0.15, 0.2) is 0 Å². The molecule has 1 aromatic carbocycles. The lowest BCUT2D eigenvalue weighted by molar-refractivity contribution is 0.0321. The monoisotopic (exact) mass is 571 g/mol. The summed E-state index contributed by atoms with van der Waals surface area (Å²) < 4.78 is 46.3. The van der Waals surface area contributed by atoms with Gasteiger partial charge in [0.1, 0.15) is 22.8 Å². The molecule has 1 saturated heterocycles. The highest BCUT2D eigenvalue weighted by atomic mass is 35.5. The van der Waals surface area contributed by atoms with Crippen LogP contribution >= 0.6 is 11.6 Å². The smallest absolute Gasteiger partial charge is 0.300 e. The Morgan fingerprint density at radius 2 is 1.87 bits per heavy atom. The second kappa shape index (κ2) is 11.6. The zero-order chi connectivity index (χ0) is 27.4. The molecule has 1 fully saturated rings. The Bertz CT molecular complexity index is 1660. The number of pyridine rings is 2. The lowest BCUT2D eigenvalue weighted by Crippen LogP contribution is -2.38. The van der Waals surface area contributed by atoms with Crippen LogP contribution in [0.25, 0.3) is 16.8 Å². The largest absolute Gasteiger partial charge is 0.485 e. The Balaban J connectivity index is 1.42. The summed E-state index contributed by atoms with van der Waals surface area (Å²) in [4.78, 5) is 23.9. The number of sulfonamides is 1. The number of methoxy groups -OCH3 is 1. The van der Waals surface area contributed by atoms with Gasteiger partial charge in [-0.05, 0) is 30.3 Å². The highest BCUT2D eigenvalue weighted by molar-refractivity contribution is 7.92. The minimum absolute atomic E-state index is 0.0740. The molecule has 39 heavy (non-hydrogen) atoms. The average molecular weight is 572 g/mol. The van der Waals surface area contributed by atoms with Gasteiger partial charge in [-0.25, -0.2) is 18.4 Å². The molecular weight excluding hydrogens is 546 g/mol. The molecule has 0 bridgehead atoms. The van der Waals surface area contributed by atoms with E-state index in [2.05, 4.69) is 19.6 Å². The van der Waals surface area contributed by atoms with E-state index < -0.39 is 10.0 Å². The van der Waals surface area contributed by atoms with E-state index in [1.54, 1.807) is 36.5 Å². The molecule has 204 valence electrons. The van der Waals surface area contributed by atoms with Crippen molar-refractivity contribution < 1.29 is 22.6 Å². The predicted molar refractivity (Wildman–Crippen MR) is 146 cm³/mol. The maximum Gasteiger partial charge on any atom is 0.300 e. The summed E-state index contributed by atoms with van der Waals surface area (Å²) in [6, 6.07) is 11.1.